The summed E-state index contributed by atoms with van der Waals surface area (Å²) in [4.78, 5) is 30.7. The van der Waals surface area contributed by atoms with Crippen molar-refractivity contribution >= 4 is 64.2 Å². The van der Waals surface area contributed by atoms with Crippen molar-refractivity contribution in [2.45, 2.75) is 28.1 Å². The summed E-state index contributed by atoms with van der Waals surface area (Å²) in [5.74, 6) is -0.847. The second kappa shape index (κ2) is 9.73. The number of carbonyl (C=O) groups is 2. The van der Waals surface area contributed by atoms with E-state index in [-0.39, 0.29) is 12.3 Å². The van der Waals surface area contributed by atoms with Crippen molar-refractivity contribution in [3.05, 3.63) is 71.8 Å². The molecule has 2 aromatic carbocycles. The lowest BCUT2D eigenvalue weighted by atomic mass is 9.75. The van der Waals surface area contributed by atoms with Gasteiger partial charge in [-0.15, -0.1) is 0 Å². The maximum absolute atomic E-state index is 13.3. The minimum absolute atomic E-state index is 0.157. The van der Waals surface area contributed by atoms with Crippen molar-refractivity contribution in [2.75, 3.05) is 12.0 Å². The van der Waals surface area contributed by atoms with E-state index < -0.39 is 27.0 Å². The maximum atomic E-state index is 13.3. The average molecular weight is 485 g/mol. The highest BCUT2D eigenvalue weighted by Crippen LogP contribution is 2.44. The van der Waals surface area contributed by atoms with Crippen molar-refractivity contribution in [2.24, 2.45) is 4.99 Å². The van der Waals surface area contributed by atoms with Crippen LogP contribution in [0, 0.1) is 0 Å². The van der Waals surface area contributed by atoms with Crippen molar-refractivity contribution in [3.8, 4) is 0 Å². The molecule has 4 nitrogen and oxygen atoms in total. The van der Waals surface area contributed by atoms with Crippen LogP contribution in [0.4, 0.5) is 0 Å². The lowest BCUT2D eigenvalue weighted by molar-refractivity contribution is -0.140. The highest BCUT2D eigenvalue weighted by molar-refractivity contribution is 7.98. The first-order valence-electron chi connectivity index (χ1n) is 9.29. The number of rotatable bonds is 8. The number of thioether (sulfide) groups is 1. The molecule has 158 valence electrons. The quantitative estimate of drug-likeness (QED) is 0.362. The number of esters is 1. The molecule has 0 radical (unpaired) electrons. The normalized spacial score (nSPS) is 19.9. The maximum Gasteiger partial charge on any atom is 0.341 e. The Labute approximate surface area is 194 Å². The van der Waals surface area contributed by atoms with E-state index in [1.54, 1.807) is 11.8 Å². The molecule has 30 heavy (non-hydrogen) atoms. The fourth-order valence-corrected chi connectivity index (χ4v) is 4.24. The summed E-state index contributed by atoms with van der Waals surface area (Å²) >= 11 is 19.2. The predicted molar refractivity (Wildman–Crippen MR) is 124 cm³/mol. The van der Waals surface area contributed by atoms with E-state index in [1.165, 1.54) is 0 Å². The summed E-state index contributed by atoms with van der Waals surface area (Å²) in [6.45, 7) is 0. The van der Waals surface area contributed by atoms with Crippen LogP contribution in [-0.2, 0) is 14.3 Å². The number of halogens is 3. The number of hydrogen-bond donors (Lipinski definition) is 0. The fourth-order valence-electron chi connectivity index (χ4n) is 3.49. The highest BCUT2D eigenvalue weighted by atomic mass is 35.6. The smallest absolute Gasteiger partial charge is 0.341 e. The van der Waals surface area contributed by atoms with Crippen LogP contribution in [0.15, 0.2) is 65.7 Å². The van der Waals surface area contributed by atoms with Gasteiger partial charge in [0.25, 0.3) is 0 Å². The van der Waals surface area contributed by atoms with E-state index in [0.717, 1.165) is 5.56 Å². The standard InChI is InChI=1S/C22H20Cl3NO3S/c1-30-13-12-21(20(28)29-19(26-21)16-10-6-3-7-11-16)17(14-18(27)22(23,24)25)15-8-4-2-5-9-15/h2-11,17H,12-14H2,1H3/t17-,21+/m1/s1. The second-order valence-electron chi connectivity index (χ2n) is 6.93. The van der Waals surface area contributed by atoms with E-state index in [2.05, 4.69) is 0 Å². The van der Waals surface area contributed by atoms with Gasteiger partial charge in [-0.05, 0) is 36.1 Å². The first-order chi connectivity index (χ1) is 14.3. The SMILES string of the molecule is CSCC[C@@]1([C@H](CC(=O)C(Cl)(Cl)Cl)c2ccccc2)N=C(c2ccccc2)OC1=O. The van der Waals surface area contributed by atoms with Crippen LogP contribution < -0.4 is 0 Å². The van der Waals surface area contributed by atoms with Crippen molar-refractivity contribution < 1.29 is 14.3 Å². The molecule has 0 amide bonds. The largest absolute Gasteiger partial charge is 0.405 e. The Hall–Kier alpha value is -1.53. The van der Waals surface area contributed by atoms with Gasteiger partial charge in [0.05, 0.1) is 0 Å². The summed E-state index contributed by atoms with van der Waals surface area (Å²) in [7, 11) is 0. The third-order valence-electron chi connectivity index (χ3n) is 5.04. The minimum atomic E-state index is -2.08. The van der Waals surface area contributed by atoms with Gasteiger partial charge in [-0.2, -0.15) is 11.8 Å². The number of hydrogen-bond acceptors (Lipinski definition) is 5. The lowest BCUT2D eigenvalue weighted by Gasteiger charge is -2.32. The van der Waals surface area contributed by atoms with Gasteiger partial charge < -0.3 is 4.74 Å². The Morgan fingerprint density at radius 3 is 2.27 bits per heavy atom. The number of alkyl halides is 3. The van der Waals surface area contributed by atoms with Gasteiger partial charge in [0, 0.05) is 17.9 Å². The van der Waals surface area contributed by atoms with Crippen molar-refractivity contribution in [1.82, 2.24) is 0 Å². The number of aliphatic imine (C=N–C) groups is 1. The number of carbonyl (C=O) groups excluding carboxylic acids is 2. The molecule has 0 fully saturated rings. The molecule has 0 saturated carbocycles. The molecule has 1 aliphatic rings. The molecule has 0 bridgehead atoms. The van der Waals surface area contributed by atoms with Gasteiger partial charge in [0.1, 0.15) is 0 Å². The van der Waals surface area contributed by atoms with E-state index in [0.29, 0.717) is 17.7 Å². The van der Waals surface area contributed by atoms with Crippen LogP contribution in [-0.4, -0.2) is 39.0 Å². The number of ether oxygens (including phenoxy) is 1. The topological polar surface area (TPSA) is 55.7 Å². The Bertz CT molecular complexity index is 932. The minimum Gasteiger partial charge on any atom is -0.405 e. The molecule has 0 saturated heterocycles. The van der Waals surface area contributed by atoms with Crippen molar-refractivity contribution in [1.29, 1.82) is 0 Å². The molecule has 0 unspecified atom stereocenters. The molecule has 0 N–H and O–H groups in total. The van der Waals surface area contributed by atoms with Crippen molar-refractivity contribution in [3.63, 3.8) is 0 Å². The molecule has 0 aliphatic carbocycles. The van der Waals surface area contributed by atoms with Crippen LogP contribution in [0.1, 0.15) is 29.9 Å². The van der Waals surface area contributed by atoms with Crippen LogP contribution in [0.5, 0.6) is 0 Å². The zero-order valence-corrected chi connectivity index (χ0v) is 19.3. The molecule has 2 aromatic rings. The Balaban J connectivity index is 2.12. The molecule has 8 heteroatoms. The van der Waals surface area contributed by atoms with Gasteiger partial charge in [0.15, 0.2) is 11.3 Å². The molecule has 3 rings (SSSR count). The monoisotopic (exact) mass is 483 g/mol. The molecule has 1 aliphatic heterocycles. The van der Waals surface area contributed by atoms with Crippen LogP contribution >= 0.6 is 46.6 Å². The molecular weight excluding hydrogens is 465 g/mol. The Morgan fingerprint density at radius 2 is 1.70 bits per heavy atom. The first-order valence-corrected chi connectivity index (χ1v) is 11.8. The average Bonchev–Trinajstić information content (AvgIpc) is 3.08. The van der Waals surface area contributed by atoms with Gasteiger partial charge in [-0.3, -0.25) is 4.79 Å². The fraction of sp³-hybridized carbons (Fsp3) is 0.318. The zero-order chi connectivity index (χ0) is 21.8. The van der Waals surface area contributed by atoms with Gasteiger partial charge in [0.2, 0.25) is 9.69 Å². The van der Waals surface area contributed by atoms with Gasteiger partial charge in [-0.1, -0.05) is 83.3 Å². The molecular formula is C22H20Cl3NO3S. The zero-order valence-electron chi connectivity index (χ0n) is 16.2. The molecule has 1 heterocycles. The summed E-state index contributed by atoms with van der Waals surface area (Å²) in [5.41, 5.74) is 0.161. The number of benzene rings is 2. The lowest BCUT2D eigenvalue weighted by Crippen LogP contribution is -2.43. The Morgan fingerprint density at radius 1 is 1.10 bits per heavy atom. The summed E-state index contributed by atoms with van der Waals surface area (Å²) in [6.07, 6.45) is 2.17. The molecule has 2 atom stereocenters. The van der Waals surface area contributed by atoms with Gasteiger partial charge >= 0.3 is 5.97 Å². The van der Waals surface area contributed by atoms with Crippen LogP contribution in [0.3, 0.4) is 0 Å². The van der Waals surface area contributed by atoms with Crippen LogP contribution in [0.2, 0.25) is 0 Å². The second-order valence-corrected chi connectivity index (χ2v) is 10.2. The Kier molecular flexibility index (Phi) is 7.51. The van der Waals surface area contributed by atoms with E-state index in [9.17, 15) is 9.59 Å². The predicted octanol–water partition coefficient (Wildman–Crippen LogP) is 5.60. The van der Waals surface area contributed by atoms with E-state index in [4.69, 9.17) is 44.5 Å². The third kappa shape index (κ3) is 5.02. The van der Waals surface area contributed by atoms with Gasteiger partial charge in [-0.25, -0.2) is 9.79 Å². The number of ketones is 1. The summed E-state index contributed by atoms with van der Waals surface area (Å²) in [5, 5.41) is 0. The number of Topliss-reactive ketones (excluding diaryl/α,β-unsaturated/α-hetero) is 1. The molecule has 0 aromatic heterocycles. The third-order valence-corrected chi connectivity index (χ3v) is 6.28. The molecule has 0 spiro atoms. The first kappa shape index (κ1) is 23.1. The summed E-state index contributed by atoms with van der Waals surface area (Å²) < 4.78 is 3.54. The van der Waals surface area contributed by atoms with Crippen LogP contribution in [0.25, 0.3) is 0 Å². The summed E-state index contributed by atoms with van der Waals surface area (Å²) in [6, 6.07) is 18.4. The highest BCUT2D eigenvalue weighted by Gasteiger charge is 2.53. The van der Waals surface area contributed by atoms with E-state index in [1.807, 2.05) is 66.9 Å². The number of nitrogens with zero attached hydrogens (tertiary/aromatic N) is 1. The number of cyclic esters (lactones) is 1. The van der Waals surface area contributed by atoms with E-state index >= 15 is 0 Å².